The molecule has 5 rings (SSSR count). The molecule has 1 aliphatic rings. The minimum absolute atomic E-state index is 0.0341. The van der Waals surface area contributed by atoms with E-state index in [4.69, 9.17) is 5.11 Å². The van der Waals surface area contributed by atoms with Crippen LogP contribution in [0.15, 0.2) is 65.7 Å². The van der Waals surface area contributed by atoms with Crippen LogP contribution in [0.4, 0.5) is 17.2 Å². The van der Waals surface area contributed by atoms with Gasteiger partial charge in [0.25, 0.3) is 11.5 Å². The number of nitrogens with zero attached hydrogens (tertiary/aromatic N) is 4. The monoisotopic (exact) mass is 527 g/mol. The van der Waals surface area contributed by atoms with E-state index in [1.165, 1.54) is 10.1 Å². The van der Waals surface area contributed by atoms with Gasteiger partial charge < -0.3 is 25.0 Å². The Hall–Kier alpha value is -4.21. The fraction of sp³-hybridized carbons (Fsp3) is 0.300. The molecule has 1 amide bonds. The van der Waals surface area contributed by atoms with Crippen molar-refractivity contribution in [3.63, 3.8) is 0 Å². The Morgan fingerprint density at radius 2 is 1.82 bits per heavy atom. The fourth-order valence-corrected chi connectivity index (χ4v) is 4.99. The van der Waals surface area contributed by atoms with Crippen molar-refractivity contribution in [2.75, 3.05) is 16.8 Å². The molecule has 4 aromatic rings. The normalized spacial score (nSPS) is 13.2. The highest BCUT2D eigenvalue weighted by molar-refractivity contribution is 6.10. The molecule has 3 N–H and O–H groups in total. The predicted octanol–water partition coefficient (Wildman–Crippen LogP) is 3.93. The maximum absolute atomic E-state index is 13.4. The predicted molar refractivity (Wildman–Crippen MR) is 151 cm³/mol. The van der Waals surface area contributed by atoms with Crippen molar-refractivity contribution in [2.24, 2.45) is 7.05 Å². The molecule has 9 nitrogen and oxygen atoms in total. The zero-order valence-electron chi connectivity index (χ0n) is 22.6. The quantitative estimate of drug-likeness (QED) is 0.336. The van der Waals surface area contributed by atoms with Gasteiger partial charge in [-0.25, -0.2) is 0 Å². The van der Waals surface area contributed by atoms with E-state index in [0.717, 1.165) is 11.1 Å². The first-order valence-electron chi connectivity index (χ1n) is 12.9. The lowest BCUT2D eigenvalue weighted by molar-refractivity contribution is 0.0996. The second-order valence-electron chi connectivity index (χ2n) is 10.8. The molecule has 202 valence electrons. The maximum atomic E-state index is 13.4. The number of benzene rings is 2. The molecule has 0 atom stereocenters. The number of rotatable bonds is 7. The van der Waals surface area contributed by atoms with Gasteiger partial charge in [0.1, 0.15) is 5.69 Å². The Labute approximate surface area is 227 Å². The highest BCUT2D eigenvalue weighted by Crippen LogP contribution is 2.37. The summed E-state index contributed by atoms with van der Waals surface area (Å²) in [6.45, 7) is 6.89. The first-order valence-corrected chi connectivity index (χ1v) is 12.9. The highest BCUT2D eigenvalue weighted by atomic mass is 16.3. The molecule has 2 aromatic heterocycles. The largest absolute Gasteiger partial charge is 0.394 e. The SMILES string of the molecule is Cn1cc(-c2cccc(N3Cc4cc(C(C)(C)C)ccc4C3=O)c2CO)cc(Nc2ccn(CCO)n2)c1=O. The standard InChI is InChI=1S/C30H33N5O4/c1-30(2,3)21-8-9-23-19(14-21)17-35(28(23)38)26-7-5-6-22(24(26)18-37)20-15-25(29(39)33(4)16-20)31-27-10-11-34(32-27)12-13-36/h5-11,14-16,36-37H,12-13,17-18H2,1-4H3,(H,31,32). The van der Waals surface area contributed by atoms with Gasteiger partial charge in [0.15, 0.2) is 5.82 Å². The molecule has 0 spiro atoms. The summed E-state index contributed by atoms with van der Waals surface area (Å²) in [4.78, 5) is 28.1. The van der Waals surface area contributed by atoms with Gasteiger partial charge in [-0.2, -0.15) is 5.10 Å². The average Bonchev–Trinajstić information content (AvgIpc) is 3.49. The number of aliphatic hydroxyl groups is 2. The Morgan fingerprint density at radius 3 is 2.54 bits per heavy atom. The fourth-order valence-electron chi connectivity index (χ4n) is 4.99. The van der Waals surface area contributed by atoms with Crippen molar-refractivity contribution >= 4 is 23.1 Å². The number of aryl methyl sites for hydroxylation is 1. The summed E-state index contributed by atoms with van der Waals surface area (Å²) in [5.74, 6) is 0.377. The van der Waals surface area contributed by atoms with E-state index < -0.39 is 0 Å². The highest BCUT2D eigenvalue weighted by Gasteiger charge is 2.31. The molecule has 0 radical (unpaired) electrons. The average molecular weight is 528 g/mol. The van der Waals surface area contributed by atoms with Crippen molar-refractivity contribution in [3.05, 3.63) is 93.5 Å². The molecular formula is C30H33N5O4. The van der Waals surface area contributed by atoms with Crippen molar-refractivity contribution in [2.45, 2.75) is 45.9 Å². The minimum atomic E-state index is -0.282. The van der Waals surface area contributed by atoms with Crippen LogP contribution in [0.3, 0.4) is 0 Å². The van der Waals surface area contributed by atoms with Crippen LogP contribution in [0, 0.1) is 0 Å². The summed E-state index contributed by atoms with van der Waals surface area (Å²) < 4.78 is 3.06. The van der Waals surface area contributed by atoms with Gasteiger partial charge in [0.05, 0.1) is 32.0 Å². The molecule has 9 heteroatoms. The van der Waals surface area contributed by atoms with E-state index in [1.54, 1.807) is 41.2 Å². The summed E-state index contributed by atoms with van der Waals surface area (Å²) >= 11 is 0. The molecule has 2 aromatic carbocycles. The number of carbonyl (C=O) groups is 1. The van der Waals surface area contributed by atoms with Crippen LogP contribution in [-0.4, -0.2) is 37.1 Å². The Balaban J connectivity index is 1.52. The number of hydrogen-bond acceptors (Lipinski definition) is 6. The number of fused-ring (bicyclic) bond motifs is 1. The molecule has 0 aliphatic carbocycles. The molecular weight excluding hydrogens is 494 g/mol. The van der Waals surface area contributed by atoms with Gasteiger partial charge >= 0.3 is 0 Å². The molecule has 0 saturated heterocycles. The van der Waals surface area contributed by atoms with Crippen molar-refractivity contribution in [1.82, 2.24) is 14.3 Å². The summed E-state index contributed by atoms with van der Waals surface area (Å²) in [7, 11) is 1.66. The van der Waals surface area contributed by atoms with Gasteiger partial charge in [-0.05, 0) is 40.3 Å². The lowest BCUT2D eigenvalue weighted by Gasteiger charge is -2.22. The number of aliphatic hydroxyl groups excluding tert-OH is 2. The number of aromatic nitrogens is 3. The number of nitrogens with one attached hydrogen (secondary N) is 1. The smallest absolute Gasteiger partial charge is 0.274 e. The molecule has 0 unspecified atom stereocenters. The van der Waals surface area contributed by atoms with Crippen LogP contribution < -0.4 is 15.8 Å². The van der Waals surface area contributed by atoms with Gasteiger partial charge in [-0.1, -0.05) is 45.0 Å². The van der Waals surface area contributed by atoms with Crippen LogP contribution >= 0.6 is 0 Å². The third-order valence-electron chi connectivity index (χ3n) is 7.10. The third kappa shape index (κ3) is 4.98. The molecule has 3 heterocycles. The van der Waals surface area contributed by atoms with Crippen LogP contribution in [0.25, 0.3) is 11.1 Å². The van der Waals surface area contributed by atoms with Crippen LogP contribution in [-0.2, 0) is 32.2 Å². The van der Waals surface area contributed by atoms with Gasteiger partial charge in [0, 0.05) is 42.2 Å². The molecule has 0 fully saturated rings. The first kappa shape index (κ1) is 26.4. The second-order valence-corrected chi connectivity index (χ2v) is 10.8. The second kappa shape index (κ2) is 10.2. The van der Waals surface area contributed by atoms with E-state index in [2.05, 4.69) is 37.3 Å². The van der Waals surface area contributed by atoms with Crippen molar-refractivity contribution in [1.29, 1.82) is 0 Å². The molecule has 39 heavy (non-hydrogen) atoms. The van der Waals surface area contributed by atoms with Gasteiger partial charge in [0.2, 0.25) is 0 Å². The third-order valence-corrected chi connectivity index (χ3v) is 7.10. The van der Waals surface area contributed by atoms with Crippen LogP contribution in [0.2, 0.25) is 0 Å². The van der Waals surface area contributed by atoms with E-state index in [9.17, 15) is 14.7 Å². The number of pyridine rings is 1. The maximum Gasteiger partial charge on any atom is 0.274 e. The van der Waals surface area contributed by atoms with E-state index in [0.29, 0.717) is 47.0 Å². The molecule has 0 bridgehead atoms. The molecule has 1 aliphatic heterocycles. The van der Waals surface area contributed by atoms with Gasteiger partial charge in [-0.3, -0.25) is 14.3 Å². The zero-order chi connectivity index (χ0) is 27.9. The number of hydrogen-bond donors (Lipinski definition) is 3. The Kier molecular flexibility index (Phi) is 6.88. The topological polar surface area (TPSA) is 113 Å². The van der Waals surface area contributed by atoms with Crippen LogP contribution in [0.5, 0.6) is 0 Å². The molecule has 0 saturated carbocycles. The number of amides is 1. The summed E-state index contributed by atoms with van der Waals surface area (Å²) in [5, 5.41) is 27.0. The van der Waals surface area contributed by atoms with Crippen molar-refractivity contribution in [3.8, 4) is 11.1 Å². The summed E-state index contributed by atoms with van der Waals surface area (Å²) in [5.41, 5.74) is 5.52. The van der Waals surface area contributed by atoms with Crippen LogP contribution in [0.1, 0.15) is 47.8 Å². The van der Waals surface area contributed by atoms with Crippen molar-refractivity contribution < 1.29 is 15.0 Å². The van der Waals surface area contributed by atoms with E-state index >= 15 is 0 Å². The minimum Gasteiger partial charge on any atom is -0.394 e. The Bertz CT molecular complexity index is 1610. The Morgan fingerprint density at radius 1 is 1.03 bits per heavy atom. The first-order chi connectivity index (χ1) is 18.6. The number of carbonyl (C=O) groups excluding carboxylic acids is 1. The summed E-state index contributed by atoms with van der Waals surface area (Å²) in [6.07, 6.45) is 3.43. The summed E-state index contributed by atoms with van der Waals surface area (Å²) in [6, 6.07) is 15.0. The van der Waals surface area contributed by atoms with Gasteiger partial charge in [-0.15, -0.1) is 0 Å². The van der Waals surface area contributed by atoms with E-state index in [1.807, 2.05) is 30.3 Å². The van der Waals surface area contributed by atoms with E-state index in [-0.39, 0.29) is 30.1 Å². The lowest BCUT2D eigenvalue weighted by atomic mass is 9.85. The lowest BCUT2D eigenvalue weighted by Crippen LogP contribution is -2.24. The number of anilines is 3. The zero-order valence-corrected chi connectivity index (χ0v) is 22.6.